The number of aryl methyl sites for hydroxylation is 1. The van der Waals surface area contributed by atoms with Crippen LogP contribution in [0.2, 0.25) is 0 Å². The molecule has 1 saturated heterocycles. The van der Waals surface area contributed by atoms with Gasteiger partial charge in [0.1, 0.15) is 12.4 Å². The lowest BCUT2D eigenvalue weighted by Crippen LogP contribution is -2.29. The Morgan fingerprint density at radius 2 is 1.74 bits per heavy atom. The SMILES string of the molecule is Cc1ccccc1OCCNC(=O)c1ccc(S(=O)(=O)N2CCCC2)cc1. The summed E-state index contributed by atoms with van der Waals surface area (Å²) < 4.78 is 32.1. The van der Waals surface area contributed by atoms with Gasteiger partial charge in [-0.3, -0.25) is 4.79 Å². The minimum absolute atomic E-state index is 0.226. The van der Waals surface area contributed by atoms with E-state index >= 15 is 0 Å². The molecular formula is C20H24N2O4S. The second-order valence-electron chi connectivity index (χ2n) is 6.51. The standard InChI is InChI=1S/C20H24N2O4S/c1-16-6-2-3-7-19(16)26-15-12-21-20(23)17-8-10-18(11-9-17)27(24,25)22-13-4-5-14-22/h2-3,6-11H,4-5,12-15H2,1H3,(H,21,23). The summed E-state index contributed by atoms with van der Waals surface area (Å²) in [4.78, 5) is 12.4. The van der Waals surface area contributed by atoms with Gasteiger partial charge in [0.2, 0.25) is 10.0 Å². The number of sulfonamides is 1. The Morgan fingerprint density at radius 1 is 1.07 bits per heavy atom. The third kappa shape index (κ3) is 4.67. The molecule has 0 bridgehead atoms. The Morgan fingerprint density at radius 3 is 2.41 bits per heavy atom. The van der Waals surface area contributed by atoms with Gasteiger partial charge in [0.15, 0.2) is 0 Å². The number of nitrogens with zero attached hydrogens (tertiary/aromatic N) is 1. The Labute approximate surface area is 160 Å². The minimum atomic E-state index is -3.46. The van der Waals surface area contributed by atoms with Crippen LogP contribution in [0.3, 0.4) is 0 Å². The number of nitrogens with one attached hydrogen (secondary N) is 1. The smallest absolute Gasteiger partial charge is 0.251 e. The van der Waals surface area contributed by atoms with Crippen molar-refractivity contribution in [3.05, 3.63) is 59.7 Å². The Kier molecular flexibility index (Phi) is 6.13. The lowest BCUT2D eigenvalue weighted by atomic mass is 10.2. The molecule has 0 saturated carbocycles. The number of amides is 1. The van der Waals surface area contributed by atoms with Crippen LogP contribution in [-0.4, -0.2) is 44.9 Å². The predicted octanol–water partition coefficient (Wildman–Crippen LogP) is 2.59. The molecule has 0 radical (unpaired) electrons. The summed E-state index contributed by atoms with van der Waals surface area (Å²) >= 11 is 0. The van der Waals surface area contributed by atoms with E-state index in [0.29, 0.717) is 31.8 Å². The fourth-order valence-electron chi connectivity index (χ4n) is 3.00. The molecule has 1 fully saturated rings. The topological polar surface area (TPSA) is 75.7 Å². The van der Waals surface area contributed by atoms with E-state index in [4.69, 9.17) is 4.74 Å². The average molecular weight is 388 g/mol. The van der Waals surface area contributed by atoms with Crippen molar-refractivity contribution < 1.29 is 17.9 Å². The van der Waals surface area contributed by atoms with Gasteiger partial charge >= 0.3 is 0 Å². The molecule has 1 aliphatic heterocycles. The van der Waals surface area contributed by atoms with Gasteiger partial charge in [0.05, 0.1) is 11.4 Å². The highest BCUT2D eigenvalue weighted by Gasteiger charge is 2.27. The largest absolute Gasteiger partial charge is 0.491 e. The summed E-state index contributed by atoms with van der Waals surface area (Å²) in [6, 6.07) is 13.8. The number of ether oxygens (including phenoxy) is 1. The van der Waals surface area contributed by atoms with Crippen LogP contribution in [0, 0.1) is 6.92 Å². The van der Waals surface area contributed by atoms with Crippen molar-refractivity contribution in [3.63, 3.8) is 0 Å². The van der Waals surface area contributed by atoms with Crippen LogP contribution in [0.1, 0.15) is 28.8 Å². The first-order valence-corrected chi connectivity index (χ1v) is 10.5. The van der Waals surface area contributed by atoms with Gasteiger partial charge in [-0.15, -0.1) is 0 Å². The number of carbonyl (C=O) groups is 1. The molecule has 3 rings (SSSR count). The average Bonchev–Trinajstić information content (AvgIpc) is 3.22. The summed E-state index contributed by atoms with van der Waals surface area (Å²) in [5.74, 6) is 0.539. The Balaban J connectivity index is 1.52. The summed E-state index contributed by atoms with van der Waals surface area (Å²) in [6.45, 7) is 3.81. The third-order valence-corrected chi connectivity index (χ3v) is 6.47. The molecule has 1 amide bonds. The van der Waals surface area contributed by atoms with E-state index in [-0.39, 0.29) is 10.8 Å². The molecule has 144 valence electrons. The molecule has 0 aliphatic carbocycles. The first kappa shape index (κ1) is 19.4. The lowest BCUT2D eigenvalue weighted by Gasteiger charge is -2.15. The first-order chi connectivity index (χ1) is 13.0. The van der Waals surface area contributed by atoms with E-state index in [1.807, 2.05) is 31.2 Å². The molecule has 2 aromatic carbocycles. The van der Waals surface area contributed by atoms with Gasteiger partial charge in [-0.1, -0.05) is 18.2 Å². The van der Waals surface area contributed by atoms with Crippen LogP contribution in [0.5, 0.6) is 5.75 Å². The van der Waals surface area contributed by atoms with Gasteiger partial charge in [-0.2, -0.15) is 4.31 Å². The van der Waals surface area contributed by atoms with Crippen molar-refractivity contribution in [1.29, 1.82) is 0 Å². The molecule has 27 heavy (non-hydrogen) atoms. The number of carbonyl (C=O) groups excluding carboxylic acids is 1. The molecule has 7 heteroatoms. The monoisotopic (exact) mass is 388 g/mol. The lowest BCUT2D eigenvalue weighted by molar-refractivity contribution is 0.0947. The molecule has 1 aliphatic rings. The van der Waals surface area contributed by atoms with Crippen molar-refractivity contribution in [3.8, 4) is 5.75 Å². The maximum Gasteiger partial charge on any atom is 0.251 e. The van der Waals surface area contributed by atoms with Crippen molar-refractivity contribution in [2.75, 3.05) is 26.2 Å². The second-order valence-corrected chi connectivity index (χ2v) is 8.44. The maximum absolute atomic E-state index is 12.5. The molecule has 6 nitrogen and oxygen atoms in total. The number of benzene rings is 2. The van der Waals surface area contributed by atoms with E-state index < -0.39 is 10.0 Å². The fraction of sp³-hybridized carbons (Fsp3) is 0.350. The van der Waals surface area contributed by atoms with Crippen molar-refractivity contribution >= 4 is 15.9 Å². The molecule has 0 unspecified atom stereocenters. The van der Waals surface area contributed by atoms with Crippen LogP contribution in [0.15, 0.2) is 53.4 Å². The summed E-state index contributed by atoms with van der Waals surface area (Å²) in [5.41, 5.74) is 1.46. The van der Waals surface area contributed by atoms with Crippen molar-refractivity contribution in [1.82, 2.24) is 9.62 Å². The van der Waals surface area contributed by atoms with Gasteiger partial charge in [-0.05, 0) is 55.7 Å². The molecule has 0 atom stereocenters. The highest BCUT2D eigenvalue weighted by Crippen LogP contribution is 2.21. The summed E-state index contributed by atoms with van der Waals surface area (Å²) in [7, 11) is -3.46. The molecule has 1 N–H and O–H groups in total. The number of hydrogen-bond acceptors (Lipinski definition) is 4. The molecular weight excluding hydrogens is 364 g/mol. The van der Waals surface area contributed by atoms with Crippen LogP contribution in [0.25, 0.3) is 0 Å². The van der Waals surface area contributed by atoms with Crippen LogP contribution >= 0.6 is 0 Å². The molecule has 1 heterocycles. The Bertz CT molecular complexity index is 888. The zero-order chi connectivity index (χ0) is 19.3. The van der Waals surface area contributed by atoms with Crippen LogP contribution in [0.4, 0.5) is 0 Å². The van der Waals surface area contributed by atoms with E-state index in [1.54, 1.807) is 12.1 Å². The summed E-state index contributed by atoms with van der Waals surface area (Å²) in [6.07, 6.45) is 1.79. The predicted molar refractivity (Wildman–Crippen MR) is 103 cm³/mol. The van der Waals surface area contributed by atoms with E-state index in [0.717, 1.165) is 24.2 Å². The number of para-hydroxylation sites is 1. The van der Waals surface area contributed by atoms with Gasteiger partial charge < -0.3 is 10.1 Å². The highest BCUT2D eigenvalue weighted by molar-refractivity contribution is 7.89. The quantitative estimate of drug-likeness (QED) is 0.740. The number of hydrogen-bond donors (Lipinski definition) is 1. The first-order valence-electron chi connectivity index (χ1n) is 9.05. The second kappa shape index (κ2) is 8.54. The van der Waals surface area contributed by atoms with E-state index in [2.05, 4.69) is 5.32 Å². The van der Waals surface area contributed by atoms with E-state index in [9.17, 15) is 13.2 Å². The molecule has 2 aromatic rings. The molecule has 0 spiro atoms. The zero-order valence-corrected chi connectivity index (χ0v) is 16.2. The molecule has 0 aromatic heterocycles. The van der Waals surface area contributed by atoms with Gasteiger partial charge in [0.25, 0.3) is 5.91 Å². The Hall–Kier alpha value is -2.38. The zero-order valence-electron chi connectivity index (χ0n) is 15.3. The van der Waals surface area contributed by atoms with Crippen LogP contribution < -0.4 is 10.1 Å². The highest BCUT2D eigenvalue weighted by atomic mass is 32.2. The fourth-order valence-corrected chi connectivity index (χ4v) is 4.52. The van der Waals surface area contributed by atoms with Gasteiger partial charge in [-0.25, -0.2) is 8.42 Å². The van der Waals surface area contributed by atoms with Crippen molar-refractivity contribution in [2.24, 2.45) is 0 Å². The van der Waals surface area contributed by atoms with Gasteiger partial charge in [0, 0.05) is 18.7 Å². The van der Waals surface area contributed by atoms with Crippen molar-refractivity contribution in [2.45, 2.75) is 24.7 Å². The van der Waals surface area contributed by atoms with E-state index in [1.165, 1.54) is 16.4 Å². The normalized spacial score (nSPS) is 14.9. The summed E-state index contributed by atoms with van der Waals surface area (Å²) in [5, 5.41) is 2.78. The van der Waals surface area contributed by atoms with Crippen LogP contribution in [-0.2, 0) is 10.0 Å². The maximum atomic E-state index is 12.5. The third-order valence-electron chi connectivity index (χ3n) is 4.56. The number of rotatable bonds is 7. The minimum Gasteiger partial charge on any atom is -0.491 e.